The molecule has 0 aromatic heterocycles. The van der Waals surface area contributed by atoms with Crippen LogP contribution in [-0.4, -0.2) is 19.5 Å². The van der Waals surface area contributed by atoms with Crippen LogP contribution in [0.4, 0.5) is 13.2 Å². The van der Waals surface area contributed by atoms with Crippen LogP contribution in [0.2, 0.25) is 0 Å². The number of halogens is 3. The molecular formula is C15H15F3O2. The normalized spacial score (nSPS) is 19.2. The van der Waals surface area contributed by atoms with Crippen molar-refractivity contribution in [2.75, 3.05) is 13.2 Å². The van der Waals surface area contributed by atoms with E-state index in [2.05, 4.69) is 11.8 Å². The zero-order valence-corrected chi connectivity index (χ0v) is 10.9. The van der Waals surface area contributed by atoms with Crippen LogP contribution in [0.25, 0.3) is 0 Å². The van der Waals surface area contributed by atoms with Crippen molar-refractivity contribution in [1.82, 2.24) is 0 Å². The molecule has 1 heterocycles. The van der Waals surface area contributed by atoms with Gasteiger partial charge in [-0.3, -0.25) is 0 Å². The predicted molar refractivity (Wildman–Crippen MR) is 67.9 cm³/mol. The summed E-state index contributed by atoms with van der Waals surface area (Å²) in [6.07, 6.45) is -1.64. The van der Waals surface area contributed by atoms with Gasteiger partial charge in [0.1, 0.15) is 6.61 Å². The van der Waals surface area contributed by atoms with Crippen molar-refractivity contribution in [3.63, 3.8) is 0 Å². The van der Waals surface area contributed by atoms with Gasteiger partial charge >= 0.3 is 6.18 Å². The van der Waals surface area contributed by atoms with Crippen LogP contribution in [0.15, 0.2) is 24.3 Å². The molecule has 0 bridgehead atoms. The second-order valence-corrected chi connectivity index (χ2v) is 4.49. The molecule has 0 spiro atoms. The molecule has 0 aliphatic carbocycles. The standard InChI is InChI=1S/C15H15F3O2/c16-15(17,18)13-7-3-5-12(11-13)6-4-10-20-14-8-1-2-9-19-14/h3,5,7,11,14H,1-2,8-10H2/t14-/m0/s1. The van der Waals surface area contributed by atoms with Gasteiger partial charge in [0.15, 0.2) is 6.29 Å². The largest absolute Gasteiger partial charge is 0.416 e. The van der Waals surface area contributed by atoms with Gasteiger partial charge in [-0.05, 0) is 37.5 Å². The van der Waals surface area contributed by atoms with Crippen molar-refractivity contribution in [3.8, 4) is 11.8 Å². The lowest BCUT2D eigenvalue weighted by Crippen LogP contribution is -2.22. The molecule has 1 aliphatic heterocycles. The quantitative estimate of drug-likeness (QED) is 0.773. The molecule has 0 N–H and O–H groups in total. The SMILES string of the molecule is FC(F)(F)c1cccc(C#CCO[C@H]2CCCCO2)c1. The molecule has 1 aromatic rings. The summed E-state index contributed by atoms with van der Waals surface area (Å²) in [5.74, 6) is 5.37. The molecule has 0 unspecified atom stereocenters. The minimum atomic E-state index is -4.34. The van der Waals surface area contributed by atoms with Gasteiger partial charge in [-0.15, -0.1) is 0 Å². The first kappa shape index (κ1) is 14.9. The van der Waals surface area contributed by atoms with Gasteiger partial charge in [0.05, 0.1) is 5.56 Å². The zero-order valence-electron chi connectivity index (χ0n) is 10.9. The maximum atomic E-state index is 12.5. The fourth-order valence-corrected chi connectivity index (χ4v) is 1.89. The molecule has 5 heteroatoms. The van der Waals surface area contributed by atoms with E-state index in [1.807, 2.05) is 0 Å². The summed E-state index contributed by atoms with van der Waals surface area (Å²) in [5, 5.41) is 0. The van der Waals surface area contributed by atoms with E-state index in [4.69, 9.17) is 9.47 Å². The molecule has 108 valence electrons. The number of alkyl halides is 3. The fourth-order valence-electron chi connectivity index (χ4n) is 1.89. The smallest absolute Gasteiger partial charge is 0.353 e. The van der Waals surface area contributed by atoms with Crippen LogP contribution in [0.1, 0.15) is 30.4 Å². The highest BCUT2D eigenvalue weighted by molar-refractivity contribution is 5.38. The average Bonchev–Trinajstić information content (AvgIpc) is 2.44. The van der Waals surface area contributed by atoms with Crippen molar-refractivity contribution in [3.05, 3.63) is 35.4 Å². The van der Waals surface area contributed by atoms with Gasteiger partial charge in [0.2, 0.25) is 0 Å². The highest BCUT2D eigenvalue weighted by Gasteiger charge is 2.30. The number of ether oxygens (including phenoxy) is 2. The summed E-state index contributed by atoms with van der Waals surface area (Å²) in [6.45, 7) is 0.840. The van der Waals surface area contributed by atoms with Crippen LogP contribution in [-0.2, 0) is 15.7 Å². The fraction of sp³-hybridized carbons (Fsp3) is 0.467. The Bertz CT molecular complexity index is 494. The van der Waals surface area contributed by atoms with Gasteiger partial charge in [-0.25, -0.2) is 0 Å². The Morgan fingerprint density at radius 1 is 1.30 bits per heavy atom. The Morgan fingerprint density at radius 3 is 2.85 bits per heavy atom. The minimum Gasteiger partial charge on any atom is -0.353 e. The molecule has 0 radical (unpaired) electrons. The van der Waals surface area contributed by atoms with E-state index in [1.54, 1.807) is 6.07 Å². The van der Waals surface area contributed by atoms with Gasteiger partial charge in [-0.1, -0.05) is 17.9 Å². The van der Waals surface area contributed by atoms with E-state index in [-0.39, 0.29) is 12.9 Å². The van der Waals surface area contributed by atoms with E-state index < -0.39 is 11.7 Å². The Morgan fingerprint density at radius 2 is 2.15 bits per heavy atom. The third-order valence-electron chi connectivity index (χ3n) is 2.90. The number of benzene rings is 1. The van der Waals surface area contributed by atoms with E-state index in [0.29, 0.717) is 12.2 Å². The molecule has 1 atom stereocenters. The Kier molecular flexibility index (Phi) is 5.05. The molecule has 1 aromatic carbocycles. The monoisotopic (exact) mass is 284 g/mol. The van der Waals surface area contributed by atoms with Gasteiger partial charge in [-0.2, -0.15) is 13.2 Å². The Balaban J connectivity index is 1.88. The summed E-state index contributed by atoms with van der Waals surface area (Å²) >= 11 is 0. The predicted octanol–water partition coefficient (Wildman–Crippen LogP) is 3.60. The number of hydrogen-bond donors (Lipinski definition) is 0. The second-order valence-electron chi connectivity index (χ2n) is 4.49. The van der Waals surface area contributed by atoms with Crippen LogP contribution >= 0.6 is 0 Å². The highest BCUT2D eigenvalue weighted by Crippen LogP contribution is 2.29. The van der Waals surface area contributed by atoms with Crippen molar-refractivity contribution in [1.29, 1.82) is 0 Å². The summed E-state index contributed by atoms with van der Waals surface area (Å²) in [5.41, 5.74) is -0.367. The lowest BCUT2D eigenvalue weighted by Gasteiger charge is -2.21. The van der Waals surface area contributed by atoms with Crippen molar-refractivity contribution in [2.45, 2.75) is 31.7 Å². The first-order valence-corrected chi connectivity index (χ1v) is 6.45. The summed E-state index contributed by atoms with van der Waals surface area (Å²) < 4.78 is 48.3. The van der Waals surface area contributed by atoms with Gasteiger partial charge < -0.3 is 9.47 Å². The Labute approximate surface area is 115 Å². The molecule has 1 fully saturated rings. The van der Waals surface area contributed by atoms with Crippen molar-refractivity contribution >= 4 is 0 Å². The Hall–Kier alpha value is -1.51. The van der Waals surface area contributed by atoms with Crippen LogP contribution in [0, 0.1) is 11.8 Å². The molecular weight excluding hydrogens is 269 g/mol. The maximum absolute atomic E-state index is 12.5. The van der Waals surface area contributed by atoms with E-state index >= 15 is 0 Å². The highest BCUT2D eigenvalue weighted by atomic mass is 19.4. The molecule has 2 rings (SSSR count). The first-order chi connectivity index (χ1) is 9.55. The van der Waals surface area contributed by atoms with Crippen molar-refractivity contribution in [2.24, 2.45) is 0 Å². The topological polar surface area (TPSA) is 18.5 Å². The van der Waals surface area contributed by atoms with Crippen molar-refractivity contribution < 1.29 is 22.6 Å². The van der Waals surface area contributed by atoms with Gasteiger partial charge in [0.25, 0.3) is 0 Å². The summed E-state index contributed by atoms with van der Waals surface area (Å²) in [4.78, 5) is 0. The van der Waals surface area contributed by atoms with Crippen LogP contribution < -0.4 is 0 Å². The van der Waals surface area contributed by atoms with E-state index in [0.717, 1.165) is 31.4 Å². The molecule has 0 amide bonds. The molecule has 1 saturated heterocycles. The molecule has 20 heavy (non-hydrogen) atoms. The molecule has 0 saturated carbocycles. The first-order valence-electron chi connectivity index (χ1n) is 6.45. The van der Waals surface area contributed by atoms with Crippen LogP contribution in [0.3, 0.4) is 0 Å². The third kappa shape index (κ3) is 4.55. The van der Waals surface area contributed by atoms with Gasteiger partial charge in [0, 0.05) is 12.2 Å². The lowest BCUT2D eigenvalue weighted by molar-refractivity contribution is -0.154. The minimum absolute atomic E-state index is 0.154. The third-order valence-corrected chi connectivity index (χ3v) is 2.90. The molecule has 2 nitrogen and oxygen atoms in total. The maximum Gasteiger partial charge on any atom is 0.416 e. The zero-order chi connectivity index (χ0) is 14.4. The average molecular weight is 284 g/mol. The number of rotatable bonds is 2. The van der Waals surface area contributed by atoms with E-state index in [1.165, 1.54) is 6.07 Å². The van der Waals surface area contributed by atoms with E-state index in [9.17, 15) is 13.2 Å². The molecule has 1 aliphatic rings. The lowest BCUT2D eigenvalue weighted by atomic mass is 10.1. The van der Waals surface area contributed by atoms with Crippen LogP contribution in [0.5, 0.6) is 0 Å². The summed E-state index contributed by atoms with van der Waals surface area (Å²) in [7, 11) is 0. The number of hydrogen-bond acceptors (Lipinski definition) is 2. The second kappa shape index (κ2) is 6.78. The summed E-state index contributed by atoms with van der Waals surface area (Å²) in [6, 6.07) is 4.94.